The molecule has 0 radical (unpaired) electrons. The van der Waals surface area contributed by atoms with Gasteiger partial charge in [-0.25, -0.2) is 4.98 Å². The van der Waals surface area contributed by atoms with Crippen LogP contribution in [-0.4, -0.2) is 19.1 Å². The molecule has 1 N–H and O–H groups in total. The monoisotopic (exact) mass is 234 g/mol. The van der Waals surface area contributed by atoms with Crippen LogP contribution >= 0.6 is 11.3 Å². The molecule has 3 nitrogen and oxygen atoms in total. The van der Waals surface area contributed by atoms with Crippen molar-refractivity contribution >= 4 is 17.2 Å². The lowest BCUT2D eigenvalue weighted by atomic mass is 10.1. The number of aromatic nitrogens is 1. The molecular formula is C12H14N2OS. The summed E-state index contributed by atoms with van der Waals surface area (Å²) in [6.45, 7) is 2.04. The predicted molar refractivity (Wildman–Crippen MR) is 68.4 cm³/mol. The minimum absolute atomic E-state index is 0.911. The SMILES string of the molecule is CNc1csc(-c2ccc(OC)c(C)c2)n1. The fourth-order valence-electron chi connectivity index (χ4n) is 1.53. The third-order valence-electron chi connectivity index (χ3n) is 2.40. The molecule has 0 aliphatic carbocycles. The molecule has 0 spiro atoms. The van der Waals surface area contributed by atoms with Crippen LogP contribution in [0.3, 0.4) is 0 Å². The van der Waals surface area contributed by atoms with Crippen molar-refractivity contribution in [1.29, 1.82) is 0 Å². The highest BCUT2D eigenvalue weighted by atomic mass is 32.1. The smallest absolute Gasteiger partial charge is 0.137 e. The van der Waals surface area contributed by atoms with E-state index in [4.69, 9.17) is 4.74 Å². The topological polar surface area (TPSA) is 34.1 Å². The molecule has 0 bridgehead atoms. The summed E-state index contributed by atoms with van der Waals surface area (Å²) in [5.41, 5.74) is 2.26. The summed E-state index contributed by atoms with van der Waals surface area (Å²) < 4.78 is 5.23. The summed E-state index contributed by atoms with van der Waals surface area (Å²) in [4.78, 5) is 4.46. The normalized spacial score (nSPS) is 10.2. The maximum Gasteiger partial charge on any atom is 0.137 e. The van der Waals surface area contributed by atoms with Gasteiger partial charge in [0, 0.05) is 18.0 Å². The Kier molecular flexibility index (Phi) is 3.10. The Bertz CT molecular complexity index is 494. The number of anilines is 1. The van der Waals surface area contributed by atoms with Gasteiger partial charge in [0.15, 0.2) is 0 Å². The van der Waals surface area contributed by atoms with Crippen LogP contribution in [0.15, 0.2) is 23.6 Å². The fourth-order valence-corrected chi connectivity index (χ4v) is 2.34. The molecule has 0 fully saturated rings. The molecular weight excluding hydrogens is 220 g/mol. The van der Waals surface area contributed by atoms with Crippen LogP contribution in [0.2, 0.25) is 0 Å². The highest BCUT2D eigenvalue weighted by Crippen LogP contribution is 2.29. The maximum absolute atomic E-state index is 5.23. The zero-order valence-electron chi connectivity index (χ0n) is 9.57. The molecule has 0 unspecified atom stereocenters. The Hall–Kier alpha value is -1.55. The third-order valence-corrected chi connectivity index (χ3v) is 3.29. The van der Waals surface area contributed by atoms with Gasteiger partial charge in [-0.15, -0.1) is 11.3 Å². The van der Waals surface area contributed by atoms with E-state index >= 15 is 0 Å². The Morgan fingerprint density at radius 3 is 2.75 bits per heavy atom. The molecule has 1 heterocycles. The molecule has 16 heavy (non-hydrogen) atoms. The predicted octanol–water partition coefficient (Wildman–Crippen LogP) is 3.17. The van der Waals surface area contributed by atoms with E-state index < -0.39 is 0 Å². The molecule has 0 atom stereocenters. The van der Waals surface area contributed by atoms with Crippen LogP contribution in [0.5, 0.6) is 5.75 Å². The molecule has 1 aromatic heterocycles. The van der Waals surface area contributed by atoms with Gasteiger partial charge in [0.05, 0.1) is 7.11 Å². The lowest BCUT2D eigenvalue weighted by Gasteiger charge is -2.05. The van der Waals surface area contributed by atoms with Crippen molar-refractivity contribution in [3.8, 4) is 16.3 Å². The standard InChI is InChI=1S/C12H14N2OS/c1-8-6-9(4-5-10(8)15-3)12-14-11(13-2)7-16-12/h4-7,13H,1-3H3. The van der Waals surface area contributed by atoms with Crippen molar-refractivity contribution in [2.24, 2.45) is 0 Å². The van der Waals surface area contributed by atoms with Gasteiger partial charge in [-0.1, -0.05) is 0 Å². The summed E-state index contributed by atoms with van der Waals surface area (Å²) in [5.74, 6) is 1.82. The number of aryl methyl sites for hydroxylation is 1. The van der Waals surface area contributed by atoms with Gasteiger partial charge < -0.3 is 10.1 Å². The Labute approximate surface area is 99.1 Å². The van der Waals surface area contributed by atoms with E-state index in [9.17, 15) is 0 Å². The van der Waals surface area contributed by atoms with Gasteiger partial charge in [-0.05, 0) is 30.7 Å². The summed E-state index contributed by atoms with van der Waals surface area (Å²) in [7, 11) is 3.56. The van der Waals surface area contributed by atoms with Crippen LogP contribution < -0.4 is 10.1 Å². The van der Waals surface area contributed by atoms with Gasteiger partial charge in [0.1, 0.15) is 16.6 Å². The Morgan fingerprint density at radius 2 is 2.19 bits per heavy atom. The van der Waals surface area contributed by atoms with E-state index in [0.29, 0.717) is 0 Å². The first-order valence-corrected chi connectivity index (χ1v) is 5.91. The summed E-state index contributed by atoms with van der Waals surface area (Å²) in [6, 6.07) is 6.10. The first kappa shape index (κ1) is 11.0. The van der Waals surface area contributed by atoms with E-state index in [1.165, 1.54) is 0 Å². The van der Waals surface area contributed by atoms with E-state index in [2.05, 4.69) is 16.4 Å². The van der Waals surface area contributed by atoms with Crippen molar-refractivity contribution in [3.63, 3.8) is 0 Å². The molecule has 0 aliphatic rings. The highest BCUT2D eigenvalue weighted by molar-refractivity contribution is 7.13. The zero-order valence-corrected chi connectivity index (χ0v) is 10.4. The van der Waals surface area contributed by atoms with Gasteiger partial charge in [-0.2, -0.15) is 0 Å². The number of thiazole rings is 1. The first-order chi connectivity index (χ1) is 7.74. The van der Waals surface area contributed by atoms with Crippen molar-refractivity contribution in [2.45, 2.75) is 6.92 Å². The summed E-state index contributed by atoms with van der Waals surface area (Å²) in [5, 5.41) is 6.06. The van der Waals surface area contributed by atoms with E-state index in [1.54, 1.807) is 18.4 Å². The largest absolute Gasteiger partial charge is 0.496 e. The minimum Gasteiger partial charge on any atom is -0.496 e. The van der Waals surface area contributed by atoms with Gasteiger partial charge >= 0.3 is 0 Å². The maximum atomic E-state index is 5.23. The number of nitrogens with one attached hydrogen (secondary N) is 1. The molecule has 84 valence electrons. The van der Waals surface area contributed by atoms with Crippen LogP contribution in [-0.2, 0) is 0 Å². The molecule has 4 heteroatoms. The molecule has 0 amide bonds. The molecule has 0 saturated heterocycles. The Morgan fingerprint density at radius 1 is 1.38 bits per heavy atom. The van der Waals surface area contributed by atoms with Gasteiger partial charge in [0.2, 0.25) is 0 Å². The van der Waals surface area contributed by atoms with Crippen LogP contribution in [0, 0.1) is 6.92 Å². The summed E-state index contributed by atoms with van der Waals surface area (Å²) >= 11 is 1.63. The number of nitrogens with zero attached hydrogens (tertiary/aromatic N) is 1. The highest BCUT2D eigenvalue weighted by Gasteiger charge is 2.06. The number of hydrogen-bond donors (Lipinski definition) is 1. The van der Waals surface area contributed by atoms with Crippen LogP contribution in [0.1, 0.15) is 5.56 Å². The van der Waals surface area contributed by atoms with E-state index in [1.807, 2.05) is 31.5 Å². The minimum atomic E-state index is 0.911. The quantitative estimate of drug-likeness (QED) is 0.885. The number of hydrogen-bond acceptors (Lipinski definition) is 4. The first-order valence-electron chi connectivity index (χ1n) is 5.03. The second kappa shape index (κ2) is 4.53. The number of rotatable bonds is 3. The molecule has 1 aromatic carbocycles. The molecule has 2 aromatic rings. The van der Waals surface area contributed by atoms with E-state index in [0.717, 1.165) is 27.7 Å². The van der Waals surface area contributed by atoms with Crippen molar-refractivity contribution in [2.75, 3.05) is 19.5 Å². The molecule has 0 saturated carbocycles. The fraction of sp³-hybridized carbons (Fsp3) is 0.250. The number of ether oxygens (including phenoxy) is 1. The lowest BCUT2D eigenvalue weighted by Crippen LogP contribution is -1.89. The second-order valence-electron chi connectivity index (χ2n) is 3.47. The Balaban J connectivity index is 2.37. The molecule has 0 aliphatic heterocycles. The number of benzene rings is 1. The number of methoxy groups -OCH3 is 1. The van der Waals surface area contributed by atoms with Crippen molar-refractivity contribution in [3.05, 3.63) is 29.1 Å². The lowest BCUT2D eigenvalue weighted by molar-refractivity contribution is 0.412. The zero-order chi connectivity index (χ0) is 11.5. The van der Waals surface area contributed by atoms with Gasteiger partial charge in [0.25, 0.3) is 0 Å². The van der Waals surface area contributed by atoms with Crippen LogP contribution in [0.25, 0.3) is 10.6 Å². The van der Waals surface area contributed by atoms with E-state index in [-0.39, 0.29) is 0 Å². The third kappa shape index (κ3) is 2.02. The van der Waals surface area contributed by atoms with Gasteiger partial charge in [-0.3, -0.25) is 0 Å². The second-order valence-corrected chi connectivity index (χ2v) is 4.33. The molecule has 2 rings (SSSR count). The average Bonchev–Trinajstić information content (AvgIpc) is 2.77. The van der Waals surface area contributed by atoms with Crippen molar-refractivity contribution in [1.82, 2.24) is 4.98 Å². The van der Waals surface area contributed by atoms with Crippen LogP contribution in [0.4, 0.5) is 5.82 Å². The summed E-state index contributed by atoms with van der Waals surface area (Å²) in [6.07, 6.45) is 0. The van der Waals surface area contributed by atoms with Crippen molar-refractivity contribution < 1.29 is 4.74 Å². The average molecular weight is 234 g/mol.